The summed E-state index contributed by atoms with van der Waals surface area (Å²) in [5, 5.41) is 5.79. The maximum Gasteiger partial charge on any atom is 0.287 e. The molecule has 118 valence electrons. The maximum atomic E-state index is 12.8. The SMILES string of the molecule is CNC(C)CNC(=O)c1ccc(COc2ccc(F)cc2)o1. The summed E-state index contributed by atoms with van der Waals surface area (Å²) in [5.41, 5.74) is 0. The molecule has 0 bridgehead atoms. The van der Waals surface area contributed by atoms with E-state index in [1.54, 1.807) is 12.1 Å². The van der Waals surface area contributed by atoms with Gasteiger partial charge in [0.1, 0.15) is 23.9 Å². The van der Waals surface area contributed by atoms with E-state index < -0.39 is 0 Å². The highest BCUT2D eigenvalue weighted by atomic mass is 19.1. The Labute approximate surface area is 128 Å². The first kappa shape index (κ1) is 16.0. The number of hydrogen-bond acceptors (Lipinski definition) is 4. The van der Waals surface area contributed by atoms with E-state index in [2.05, 4.69) is 10.6 Å². The quantitative estimate of drug-likeness (QED) is 0.824. The Morgan fingerprint density at radius 3 is 2.68 bits per heavy atom. The number of carbonyl (C=O) groups is 1. The topological polar surface area (TPSA) is 63.5 Å². The third-order valence-electron chi connectivity index (χ3n) is 3.14. The van der Waals surface area contributed by atoms with Crippen molar-refractivity contribution in [3.63, 3.8) is 0 Å². The molecule has 0 aliphatic heterocycles. The lowest BCUT2D eigenvalue weighted by Gasteiger charge is -2.10. The molecule has 0 aliphatic carbocycles. The molecule has 2 rings (SSSR count). The average Bonchev–Trinajstić information content (AvgIpc) is 3.00. The van der Waals surface area contributed by atoms with Crippen molar-refractivity contribution in [3.05, 3.63) is 53.7 Å². The van der Waals surface area contributed by atoms with Gasteiger partial charge in [-0.15, -0.1) is 0 Å². The normalized spacial score (nSPS) is 12.0. The molecular formula is C16H19FN2O3. The summed E-state index contributed by atoms with van der Waals surface area (Å²) >= 11 is 0. The Morgan fingerprint density at radius 1 is 1.27 bits per heavy atom. The lowest BCUT2D eigenvalue weighted by Crippen LogP contribution is -2.37. The molecule has 6 heteroatoms. The molecule has 1 amide bonds. The van der Waals surface area contributed by atoms with Gasteiger partial charge in [-0.1, -0.05) is 0 Å². The van der Waals surface area contributed by atoms with E-state index in [0.717, 1.165) is 0 Å². The molecule has 1 heterocycles. The van der Waals surface area contributed by atoms with Gasteiger partial charge in [0.2, 0.25) is 0 Å². The van der Waals surface area contributed by atoms with Gasteiger partial charge in [0.25, 0.3) is 5.91 Å². The van der Waals surface area contributed by atoms with Crippen LogP contribution in [0.25, 0.3) is 0 Å². The lowest BCUT2D eigenvalue weighted by molar-refractivity contribution is 0.0918. The van der Waals surface area contributed by atoms with E-state index in [0.29, 0.717) is 18.1 Å². The van der Waals surface area contributed by atoms with Crippen LogP contribution in [-0.4, -0.2) is 25.5 Å². The molecule has 2 aromatic rings. The summed E-state index contributed by atoms with van der Waals surface area (Å²) in [6.07, 6.45) is 0. The molecule has 0 saturated heterocycles. The molecule has 0 fully saturated rings. The molecule has 1 aromatic heterocycles. The summed E-state index contributed by atoms with van der Waals surface area (Å²) in [5.74, 6) is 0.707. The van der Waals surface area contributed by atoms with E-state index in [1.165, 1.54) is 24.3 Å². The Balaban J connectivity index is 1.85. The highest BCUT2D eigenvalue weighted by Crippen LogP contribution is 2.15. The van der Waals surface area contributed by atoms with Crippen molar-refractivity contribution in [1.29, 1.82) is 0 Å². The average molecular weight is 306 g/mol. The lowest BCUT2D eigenvalue weighted by atomic mass is 10.3. The molecule has 22 heavy (non-hydrogen) atoms. The number of benzene rings is 1. The molecule has 1 unspecified atom stereocenters. The number of amides is 1. The number of nitrogens with one attached hydrogen (secondary N) is 2. The summed E-state index contributed by atoms with van der Waals surface area (Å²) in [6.45, 7) is 2.65. The molecule has 2 N–H and O–H groups in total. The smallest absolute Gasteiger partial charge is 0.287 e. The van der Waals surface area contributed by atoms with Gasteiger partial charge in [0.15, 0.2) is 5.76 Å². The zero-order valence-corrected chi connectivity index (χ0v) is 12.6. The Hall–Kier alpha value is -2.34. The maximum absolute atomic E-state index is 12.8. The Bertz CT molecular complexity index is 610. The minimum Gasteiger partial charge on any atom is -0.486 e. The fourth-order valence-electron chi connectivity index (χ4n) is 1.70. The third kappa shape index (κ3) is 4.60. The molecular weight excluding hydrogens is 287 g/mol. The van der Waals surface area contributed by atoms with Crippen molar-refractivity contribution in [1.82, 2.24) is 10.6 Å². The molecule has 0 aliphatic rings. The fourth-order valence-corrected chi connectivity index (χ4v) is 1.70. The van der Waals surface area contributed by atoms with Gasteiger partial charge in [-0.2, -0.15) is 0 Å². The first-order valence-electron chi connectivity index (χ1n) is 7.01. The van der Waals surface area contributed by atoms with Gasteiger partial charge in [-0.25, -0.2) is 4.39 Å². The summed E-state index contributed by atoms with van der Waals surface area (Å²) < 4.78 is 23.7. The van der Waals surface area contributed by atoms with Crippen molar-refractivity contribution in [2.45, 2.75) is 19.6 Å². The van der Waals surface area contributed by atoms with Crippen LogP contribution < -0.4 is 15.4 Å². The predicted octanol–water partition coefficient (Wildman–Crippen LogP) is 2.34. The Morgan fingerprint density at radius 2 is 2.00 bits per heavy atom. The van der Waals surface area contributed by atoms with Gasteiger partial charge < -0.3 is 19.8 Å². The van der Waals surface area contributed by atoms with Crippen molar-refractivity contribution >= 4 is 5.91 Å². The number of furan rings is 1. The third-order valence-corrected chi connectivity index (χ3v) is 3.14. The summed E-state index contributed by atoms with van der Waals surface area (Å²) in [6, 6.07) is 9.16. The molecule has 1 atom stereocenters. The zero-order valence-electron chi connectivity index (χ0n) is 12.6. The summed E-state index contributed by atoms with van der Waals surface area (Å²) in [4.78, 5) is 11.9. The van der Waals surface area contributed by atoms with Crippen LogP contribution in [0.1, 0.15) is 23.2 Å². The fraction of sp³-hybridized carbons (Fsp3) is 0.312. The number of likely N-dealkylation sites (N-methyl/N-ethyl adjacent to an activating group) is 1. The largest absolute Gasteiger partial charge is 0.486 e. The first-order valence-corrected chi connectivity index (χ1v) is 7.01. The van der Waals surface area contributed by atoms with E-state index in [4.69, 9.17) is 9.15 Å². The highest BCUT2D eigenvalue weighted by molar-refractivity contribution is 5.91. The van der Waals surface area contributed by atoms with Crippen molar-refractivity contribution in [2.75, 3.05) is 13.6 Å². The molecule has 5 nitrogen and oxygen atoms in total. The monoisotopic (exact) mass is 306 g/mol. The molecule has 0 radical (unpaired) electrons. The first-order chi connectivity index (χ1) is 10.6. The van der Waals surface area contributed by atoms with Gasteiger partial charge in [-0.3, -0.25) is 4.79 Å². The number of ether oxygens (including phenoxy) is 1. The van der Waals surface area contributed by atoms with Crippen LogP contribution in [-0.2, 0) is 6.61 Å². The van der Waals surface area contributed by atoms with Crippen molar-refractivity contribution in [3.8, 4) is 5.75 Å². The standard InChI is InChI=1S/C16H19FN2O3/c1-11(18-2)9-19-16(20)15-8-7-14(22-15)10-21-13-5-3-12(17)4-6-13/h3-8,11,18H,9-10H2,1-2H3,(H,19,20). The van der Waals surface area contributed by atoms with Crippen LogP contribution in [0.2, 0.25) is 0 Å². The van der Waals surface area contributed by atoms with Gasteiger partial charge in [0, 0.05) is 12.6 Å². The van der Waals surface area contributed by atoms with E-state index >= 15 is 0 Å². The minimum atomic E-state index is -0.319. The minimum absolute atomic E-state index is 0.172. The van der Waals surface area contributed by atoms with Gasteiger partial charge >= 0.3 is 0 Å². The van der Waals surface area contributed by atoms with E-state index in [1.807, 2.05) is 14.0 Å². The highest BCUT2D eigenvalue weighted by Gasteiger charge is 2.12. The second-order valence-corrected chi connectivity index (χ2v) is 4.91. The molecule has 0 saturated carbocycles. The van der Waals surface area contributed by atoms with Crippen molar-refractivity contribution < 1.29 is 18.3 Å². The number of carbonyl (C=O) groups excluding carboxylic acids is 1. The van der Waals surface area contributed by atoms with E-state index in [-0.39, 0.29) is 30.1 Å². The van der Waals surface area contributed by atoms with Crippen LogP contribution >= 0.6 is 0 Å². The van der Waals surface area contributed by atoms with E-state index in [9.17, 15) is 9.18 Å². The van der Waals surface area contributed by atoms with Crippen LogP contribution in [0.4, 0.5) is 4.39 Å². The number of rotatable bonds is 7. The van der Waals surface area contributed by atoms with Gasteiger partial charge in [0.05, 0.1) is 0 Å². The molecule has 1 aromatic carbocycles. The van der Waals surface area contributed by atoms with Crippen molar-refractivity contribution in [2.24, 2.45) is 0 Å². The number of halogens is 1. The van der Waals surface area contributed by atoms with Crippen LogP contribution in [0.3, 0.4) is 0 Å². The zero-order chi connectivity index (χ0) is 15.9. The Kier molecular flexibility index (Phi) is 5.55. The second kappa shape index (κ2) is 7.61. The van der Waals surface area contributed by atoms with Crippen LogP contribution in [0.15, 0.2) is 40.8 Å². The summed E-state index contributed by atoms with van der Waals surface area (Å²) in [7, 11) is 1.83. The molecule has 0 spiro atoms. The predicted molar refractivity (Wildman–Crippen MR) is 80.3 cm³/mol. The van der Waals surface area contributed by atoms with Gasteiger partial charge in [-0.05, 0) is 50.4 Å². The van der Waals surface area contributed by atoms with Crippen LogP contribution in [0.5, 0.6) is 5.75 Å². The van der Waals surface area contributed by atoms with Crippen LogP contribution in [0, 0.1) is 5.82 Å². The number of hydrogen-bond donors (Lipinski definition) is 2. The second-order valence-electron chi connectivity index (χ2n) is 4.91.